The van der Waals surface area contributed by atoms with E-state index < -0.39 is 29.8 Å². The number of alkyl halides is 6. The first-order chi connectivity index (χ1) is 29.5. The van der Waals surface area contributed by atoms with Gasteiger partial charge in [-0.3, -0.25) is 14.4 Å². The maximum absolute atomic E-state index is 13.9. The lowest BCUT2D eigenvalue weighted by Crippen LogP contribution is -2.37. The fourth-order valence-corrected chi connectivity index (χ4v) is 7.56. The molecule has 4 heterocycles. The lowest BCUT2D eigenvalue weighted by atomic mass is 10.1. The van der Waals surface area contributed by atoms with Crippen LogP contribution < -0.4 is 31.1 Å². The molecule has 62 heavy (non-hydrogen) atoms. The highest BCUT2D eigenvalue weighted by Crippen LogP contribution is 2.41. The maximum atomic E-state index is 13.9. The van der Waals surface area contributed by atoms with Crippen molar-refractivity contribution >= 4 is 63.0 Å². The predicted molar refractivity (Wildman–Crippen MR) is 224 cm³/mol. The molecule has 3 amide bonds. The van der Waals surface area contributed by atoms with Gasteiger partial charge in [-0.15, -0.1) is 0 Å². The first-order valence-electron chi connectivity index (χ1n) is 19.6. The summed E-state index contributed by atoms with van der Waals surface area (Å²) in [7, 11) is 3.23. The molecule has 2 saturated heterocycles. The zero-order valence-electron chi connectivity index (χ0n) is 33.8. The molecule has 1 atom stereocenters. The SMILES string of the molecule is CC(=O)N(C)C1CCN(c2ccc(N/C=C3\C(=O)Nc4ccccc43)cc2C(F)(F)F)C1.CN(CC1OCCO1)c1ccc(N/C=C2/C(=O)Nc3ccccc32)cc1C(F)(F)F. The topological polar surface area (TPSA) is 128 Å². The molecule has 18 heteroatoms. The minimum absolute atomic E-state index is 0.0174. The van der Waals surface area contributed by atoms with Crippen LogP contribution in [-0.2, 0) is 36.2 Å². The summed E-state index contributed by atoms with van der Waals surface area (Å²) in [5, 5.41) is 11.1. The van der Waals surface area contributed by atoms with E-state index in [4.69, 9.17) is 9.47 Å². The Balaban J connectivity index is 0.000000187. The molecule has 0 saturated carbocycles. The number of amides is 3. The second-order valence-corrected chi connectivity index (χ2v) is 14.9. The van der Waals surface area contributed by atoms with Crippen LogP contribution in [0.1, 0.15) is 35.6 Å². The maximum Gasteiger partial charge on any atom is 0.418 e. The monoisotopic (exact) mass is 863 g/mol. The molecule has 4 aromatic rings. The highest BCUT2D eigenvalue weighted by molar-refractivity contribution is 6.32. The number of ether oxygens (including phenoxy) is 2. The molecule has 12 nitrogen and oxygen atoms in total. The zero-order chi connectivity index (χ0) is 44.3. The average molecular weight is 864 g/mol. The lowest BCUT2D eigenvalue weighted by Gasteiger charge is -2.26. The van der Waals surface area contributed by atoms with Gasteiger partial charge in [0.1, 0.15) is 0 Å². The molecule has 0 aromatic heterocycles. The van der Waals surface area contributed by atoms with Crippen molar-refractivity contribution in [3.05, 3.63) is 120 Å². The molecule has 326 valence electrons. The standard InChI is InChI=1S/C23H23F3N4O2.C21H20F3N3O3/c1-14(31)29(2)16-9-10-30(13-16)21-8-7-15(11-19(21)23(24,25)26)27-12-18-17-5-3-4-6-20(17)28-22(18)32;1-27(12-19-29-8-9-30-19)18-7-6-13(10-16(18)21(22,23)24)25-11-15-14-4-2-3-5-17(14)26-20(15)28/h3-8,11-12,16,27H,9-10,13H2,1-2H3,(H,28,32);2-7,10-11,19,25H,8-9,12H2,1H3,(H,26,28)/b18-12-;15-11+. The second kappa shape index (κ2) is 17.8. The molecule has 4 aromatic carbocycles. The van der Waals surface area contributed by atoms with Gasteiger partial charge in [-0.2, -0.15) is 26.3 Å². The lowest BCUT2D eigenvalue weighted by molar-refractivity contribution is -0.137. The summed E-state index contributed by atoms with van der Waals surface area (Å²) in [4.78, 5) is 40.7. The molecule has 0 radical (unpaired) electrons. The van der Waals surface area contributed by atoms with E-state index in [2.05, 4.69) is 21.3 Å². The second-order valence-electron chi connectivity index (χ2n) is 14.9. The van der Waals surface area contributed by atoms with E-state index in [9.17, 15) is 40.7 Å². The van der Waals surface area contributed by atoms with E-state index in [1.54, 1.807) is 78.5 Å². The molecule has 4 N–H and O–H groups in total. The van der Waals surface area contributed by atoms with Gasteiger partial charge in [-0.25, -0.2) is 0 Å². The van der Waals surface area contributed by atoms with Crippen molar-refractivity contribution in [2.24, 2.45) is 0 Å². The molecular weight excluding hydrogens is 821 g/mol. The van der Waals surface area contributed by atoms with Gasteiger partial charge in [0.05, 0.1) is 48.1 Å². The van der Waals surface area contributed by atoms with Gasteiger partial charge in [0.25, 0.3) is 11.8 Å². The quantitative estimate of drug-likeness (QED) is 0.0976. The predicted octanol–water partition coefficient (Wildman–Crippen LogP) is 8.09. The number of likely N-dealkylation sites (N-methyl/N-ethyl adjacent to an activating group) is 2. The number of carbonyl (C=O) groups excluding carboxylic acids is 3. The van der Waals surface area contributed by atoms with Crippen LogP contribution in [0.2, 0.25) is 0 Å². The smallest absolute Gasteiger partial charge is 0.369 e. The van der Waals surface area contributed by atoms with Crippen LogP contribution in [0.25, 0.3) is 11.1 Å². The summed E-state index contributed by atoms with van der Waals surface area (Å²) >= 11 is 0. The molecule has 0 aliphatic carbocycles. The Morgan fingerprint density at radius 3 is 1.82 bits per heavy atom. The summed E-state index contributed by atoms with van der Waals surface area (Å²) < 4.78 is 93.4. The van der Waals surface area contributed by atoms with Gasteiger partial charge in [0, 0.05) is 91.8 Å². The summed E-state index contributed by atoms with van der Waals surface area (Å²) in [6, 6.07) is 22.1. The van der Waals surface area contributed by atoms with E-state index in [0.717, 1.165) is 12.1 Å². The normalized spacial score (nSPS) is 18.5. The van der Waals surface area contributed by atoms with Crippen LogP contribution in [0.3, 0.4) is 0 Å². The van der Waals surface area contributed by atoms with Crippen LogP contribution in [-0.4, -0.2) is 81.9 Å². The third-order valence-corrected chi connectivity index (χ3v) is 10.9. The third kappa shape index (κ3) is 9.66. The number of nitrogens with zero attached hydrogens (tertiary/aromatic N) is 3. The van der Waals surface area contributed by atoms with Crippen LogP contribution >= 0.6 is 0 Å². The molecule has 4 aliphatic heterocycles. The summed E-state index contributed by atoms with van der Waals surface area (Å²) in [6.45, 7) is 3.25. The Kier molecular flexibility index (Phi) is 12.5. The summed E-state index contributed by atoms with van der Waals surface area (Å²) in [5.74, 6) is -0.741. The van der Waals surface area contributed by atoms with E-state index in [1.807, 2.05) is 0 Å². The zero-order valence-corrected chi connectivity index (χ0v) is 33.8. The fourth-order valence-electron chi connectivity index (χ4n) is 7.56. The molecule has 0 bridgehead atoms. The van der Waals surface area contributed by atoms with Crippen molar-refractivity contribution in [2.75, 3.05) is 78.0 Å². The number of anilines is 6. The van der Waals surface area contributed by atoms with Crippen molar-refractivity contribution in [1.29, 1.82) is 0 Å². The number of hydrogen-bond donors (Lipinski definition) is 4. The first kappa shape index (κ1) is 43.6. The summed E-state index contributed by atoms with van der Waals surface area (Å²) in [6.07, 6.45) is -6.22. The molecule has 8 rings (SSSR count). The number of benzene rings is 4. The van der Waals surface area contributed by atoms with Crippen molar-refractivity contribution < 1.29 is 50.2 Å². The fraction of sp³-hybridized carbons (Fsp3) is 0.295. The first-order valence-corrected chi connectivity index (χ1v) is 19.6. The van der Waals surface area contributed by atoms with E-state index >= 15 is 0 Å². The van der Waals surface area contributed by atoms with Gasteiger partial charge in [-0.05, 0) is 55.0 Å². The highest BCUT2D eigenvalue weighted by atomic mass is 19.4. The Bertz CT molecular complexity index is 2410. The van der Waals surface area contributed by atoms with Crippen LogP contribution in [0.5, 0.6) is 0 Å². The number of para-hydroxylation sites is 2. The molecular formula is C44H43F6N7O5. The van der Waals surface area contributed by atoms with Gasteiger partial charge in [-0.1, -0.05) is 36.4 Å². The Hall–Kier alpha value is -6.53. The number of fused-ring (bicyclic) bond motifs is 2. The Morgan fingerprint density at radius 1 is 0.774 bits per heavy atom. The van der Waals surface area contributed by atoms with Crippen LogP contribution in [0.4, 0.5) is 60.5 Å². The van der Waals surface area contributed by atoms with Gasteiger partial charge < -0.3 is 45.4 Å². The van der Waals surface area contributed by atoms with Crippen molar-refractivity contribution in [3.8, 4) is 0 Å². The van der Waals surface area contributed by atoms with E-state index in [0.29, 0.717) is 66.4 Å². The van der Waals surface area contributed by atoms with Crippen LogP contribution in [0, 0.1) is 0 Å². The molecule has 2 fully saturated rings. The average Bonchev–Trinajstić information content (AvgIpc) is 4.05. The van der Waals surface area contributed by atoms with E-state index in [-0.39, 0.29) is 53.1 Å². The third-order valence-electron chi connectivity index (χ3n) is 10.9. The van der Waals surface area contributed by atoms with Crippen molar-refractivity contribution in [1.82, 2.24) is 4.90 Å². The van der Waals surface area contributed by atoms with Gasteiger partial charge in [0.15, 0.2) is 6.29 Å². The Labute approximate surface area is 353 Å². The minimum Gasteiger partial charge on any atom is -0.369 e. The molecule has 4 aliphatic rings. The Morgan fingerprint density at radius 2 is 1.29 bits per heavy atom. The number of carbonyl (C=O) groups is 3. The van der Waals surface area contributed by atoms with Crippen LogP contribution in [0.15, 0.2) is 97.3 Å². The summed E-state index contributed by atoms with van der Waals surface area (Å²) in [5.41, 5.74) is 2.42. The van der Waals surface area contributed by atoms with Gasteiger partial charge in [0.2, 0.25) is 5.91 Å². The largest absolute Gasteiger partial charge is 0.418 e. The number of rotatable bonds is 9. The number of halogens is 6. The van der Waals surface area contributed by atoms with Crippen molar-refractivity contribution in [2.45, 2.75) is 38.0 Å². The van der Waals surface area contributed by atoms with Crippen molar-refractivity contribution in [3.63, 3.8) is 0 Å². The number of nitrogens with one attached hydrogen (secondary N) is 4. The number of hydrogen-bond acceptors (Lipinski definition) is 9. The van der Waals surface area contributed by atoms with Gasteiger partial charge >= 0.3 is 12.4 Å². The van der Waals surface area contributed by atoms with E-state index in [1.165, 1.54) is 42.4 Å². The molecule has 0 spiro atoms. The minimum atomic E-state index is -4.55. The molecule has 1 unspecified atom stereocenters. The highest BCUT2D eigenvalue weighted by Gasteiger charge is 2.38.